The molecule has 19 heavy (non-hydrogen) atoms. The first-order valence-corrected chi connectivity index (χ1v) is 8.22. The Morgan fingerprint density at radius 2 is 2.11 bits per heavy atom. The summed E-state index contributed by atoms with van der Waals surface area (Å²) in [5.74, 6) is 1.03. The molecule has 3 atom stereocenters. The van der Waals surface area contributed by atoms with Crippen molar-refractivity contribution in [1.29, 1.82) is 0 Å². The number of carbonyl (C=O) groups excluding carboxylic acids is 2. The van der Waals surface area contributed by atoms with Gasteiger partial charge in [0.05, 0.1) is 12.1 Å². The van der Waals surface area contributed by atoms with E-state index in [1.54, 1.807) is 0 Å². The number of hydrogen-bond donors (Lipinski definition) is 2. The molecular formula is C14H24N2O2S. The van der Waals surface area contributed by atoms with Gasteiger partial charge in [0, 0.05) is 16.4 Å². The summed E-state index contributed by atoms with van der Waals surface area (Å²) in [6, 6.07) is 0.647. The van der Waals surface area contributed by atoms with Gasteiger partial charge in [-0.2, -0.15) is 11.8 Å². The highest BCUT2D eigenvalue weighted by atomic mass is 32.2. The molecule has 2 N–H and O–H groups in total. The maximum absolute atomic E-state index is 11.3. The number of nitrogens with one attached hydrogen (secondary N) is 2. The van der Waals surface area contributed by atoms with Gasteiger partial charge in [-0.1, -0.05) is 33.1 Å². The van der Waals surface area contributed by atoms with Crippen molar-refractivity contribution >= 4 is 24.1 Å². The van der Waals surface area contributed by atoms with Crippen LogP contribution in [0.3, 0.4) is 0 Å². The van der Waals surface area contributed by atoms with Crippen LogP contribution in [0, 0.1) is 5.41 Å². The molecule has 0 aliphatic carbocycles. The van der Waals surface area contributed by atoms with Crippen molar-refractivity contribution in [2.24, 2.45) is 5.41 Å². The minimum Gasteiger partial charge on any atom is -0.332 e. The maximum atomic E-state index is 11.3. The molecule has 5 heteroatoms. The van der Waals surface area contributed by atoms with Crippen LogP contribution >= 0.6 is 11.8 Å². The van der Waals surface area contributed by atoms with Crippen molar-refractivity contribution in [3.05, 3.63) is 0 Å². The lowest BCUT2D eigenvalue weighted by Gasteiger charge is -2.18. The topological polar surface area (TPSA) is 58.2 Å². The zero-order valence-electron chi connectivity index (χ0n) is 11.8. The molecule has 2 aliphatic heterocycles. The summed E-state index contributed by atoms with van der Waals surface area (Å²) in [5, 5.41) is 6.55. The van der Waals surface area contributed by atoms with E-state index in [1.807, 2.05) is 25.6 Å². The molecule has 2 fully saturated rings. The molecule has 2 saturated heterocycles. The van der Waals surface area contributed by atoms with Crippen LogP contribution in [0.15, 0.2) is 0 Å². The molecule has 2 rings (SSSR count). The first-order valence-electron chi connectivity index (χ1n) is 7.17. The molecule has 108 valence electrons. The third-order valence-electron chi connectivity index (χ3n) is 4.07. The average Bonchev–Trinajstić information content (AvgIpc) is 2.89. The van der Waals surface area contributed by atoms with E-state index in [9.17, 15) is 9.59 Å². The van der Waals surface area contributed by atoms with Gasteiger partial charge in [-0.05, 0) is 12.8 Å². The Hall–Kier alpha value is -0.710. The van der Waals surface area contributed by atoms with Crippen LogP contribution in [-0.2, 0) is 4.79 Å². The SMILES string of the molecule is CC(C)(C=O)CCCCC[C@@H]1SC[C@@H]2NC(=O)N[C@@H]21. The van der Waals surface area contributed by atoms with Crippen LogP contribution in [0.1, 0.15) is 46.0 Å². The van der Waals surface area contributed by atoms with Gasteiger partial charge in [-0.15, -0.1) is 0 Å². The standard InChI is InChI=1S/C14H24N2O2S/c1-14(2,9-17)7-5-3-4-6-11-12-10(8-19-11)15-13(18)16-12/h9-12H,3-8H2,1-2H3,(H2,15,16,18)/t10-,11-,12-/m0/s1. The Balaban J connectivity index is 1.62. The molecule has 0 saturated carbocycles. The van der Waals surface area contributed by atoms with Crippen LogP contribution in [0.4, 0.5) is 4.79 Å². The smallest absolute Gasteiger partial charge is 0.315 e. The summed E-state index contributed by atoms with van der Waals surface area (Å²) >= 11 is 1.97. The lowest BCUT2D eigenvalue weighted by molar-refractivity contribution is -0.115. The fraction of sp³-hybridized carbons (Fsp3) is 0.857. The first kappa shape index (κ1) is 14.7. The number of thioether (sulfide) groups is 1. The zero-order chi connectivity index (χ0) is 13.9. The van der Waals surface area contributed by atoms with Crippen molar-refractivity contribution in [3.8, 4) is 0 Å². The van der Waals surface area contributed by atoms with Crippen LogP contribution < -0.4 is 10.6 Å². The third-order valence-corrected chi connectivity index (χ3v) is 5.58. The van der Waals surface area contributed by atoms with Gasteiger partial charge < -0.3 is 15.4 Å². The van der Waals surface area contributed by atoms with Gasteiger partial charge in [-0.3, -0.25) is 0 Å². The number of carbonyl (C=O) groups is 2. The van der Waals surface area contributed by atoms with E-state index in [0.29, 0.717) is 17.3 Å². The van der Waals surface area contributed by atoms with Crippen molar-refractivity contribution in [2.75, 3.05) is 5.75 Å². The molecule has 2 heterocycles. The Kier molecular flexibility index (Phi) is 4.76. The molecule has 2 amide bonds. The molecule has 0 spiro atoms. The summed E-state index contributed by atoms with van der Waals surface area (Å²) in [6.07, 6.45) is 6.67. The minimum absolute atomic E-state index is 0.00645. The average molecular weight is 284 g/mol. The molecule has 0 aromatic rings. The second-order valence-electron chi connectivity index (χ2n) is 6.33. The molecule has 0 radical (unpaired) electrons. The van der Waals surface area contributed by atoms with E-state index in [2.05, 4.69) is 10.6 Å². The third kappa shape index (κ3) is 3.88. The number of fused-ring (bicyclic) bond motifs is 1. The summed E-state index contributed by atoms with van der Waals surface area (Å²) in [6.45, 7) is 3.99. The molecule has 0 aromatic carbocycles. The number of urea groups is 1. The number of unbranched alkanes of at least 4 members (excludes halogenated alkanes) is 2. The number of rotatable bonds is 7. The van der Waals surface area contributed by atoms with Gasteiger partial charge in [0.1, 0.15) is 6.29 Å². The highest BCUT2D eigenvalue weighted by Crippen LogP contribution is 2.33. The van der Waals surface area contributed by atoms with Crippen LogP contribution in [0.5, 0.6) is 0 Å². The second-order valence-corrected chi connectivity index (χ2v) is 7.60. The normalized spacial score (nSPS) is 29.8. The van der Waals surface area contributed by atoms with Crippen LogP contribution in [-0.4, -0.2) is 35.4 Å². The molecule has 2 aliphatic rings. The van der Waals surface area contributed by atoms with Gasteiger partial charge in [0.25, 0.3) is 0 Å². The lowest BCUT2D eigenvalue weighted by Crippen LogP contribution is -2.36. The molecular weight excluding hydrogens is 260 g/mol. The van der Waals surface area contributed by atoms with Gasteiger partial charge >= 0.3 is 6.03 Å². The number of hydrogen-bond acceptors (Lipinski definition) is 3. The number of aldehydes is 1. The largest absolute Gasteiger partial charge is 0.332 e. The quantitative estimate of drug-likeness (QED) is 0.428. The minimum atomic E-state index is -0.170. The zero-order valence-corrected chi connectivity index (χ0v) is 12.6. The van der Waals surface area contributed by atoms with Gasteiger partial charge in [0.15, 0.2) is 0 Å². The molecule has 0 unspecified atom stereocenters. The van der Waals surface area contributed by atoms with Crippen molar-refractivity contribution < 1.29 is 9.59 Å². The fourth-order valence-corrected chi connectivity index (χ4v) is 4.35. The Bertz CT molecular complexity index is 346. The van der Waals surface area contributed by atoms with E-state index >= 15 is 0 Å². The van der Waals surface area contributed by atoms with Gasteiger partial charge in [-0.25, -0.2) is 4.79 Å². The fourth-order valence-electron chi connectivity index (χ4n) is 2.80. The summed E-state index contributed by atoms with van der Waals surface area (Å²) < 4.78 is 0. The van der Waals surface area contributed by atoms with E-state index in [1.165, 1.54) is 12.8 Å². The van der Waals surface area contributed by atoms with Crippen molar-refractivity contribution in [2.45, 2.75) is 63.3 Å². The van der Waals surface area contributed by atoms with E-state index < -0.39 is 0 Å². The van der Waals surface area contributed by atoms with E-state index in [4.69, 9.17) is 0 Å². The van der Waals surface area contributed by atoms with Gasteiger partial charge in [0.2, 0.25) is 0 Å². The summed E-state index contributed by atoms with van der Waals surface area (Å²) in [4.78, 5) is 22.1. The molecule has 0 aromatic heterocycles. The van der Waals surface area contributed by atoms with E-state index in [-0.39, 0.29) is 11.4 Å². The summed E-state index contributed by atoms with van der Waals surface area (Å²) in [5.41, 5.74) is -0.170. The summed E-state index contributed by atoms with van der Waals surface area (Å²) in [7, 11) is 0. The highest BCUT2D eigenvalue weighted by Gasteiger charge is 2.42. The van der Waals surface area contributed by atoms with Crippen LogP contribution in [0.25, 0.3) is 0 Å². The Morgan fingerprint density at radius 1 is 1.32 bits per heavy atom. The highest BCUT2D eigenvalue weighted by molar-refractivity contribution is 8.00. The Morgan fingerprint density at radius 3 is 2.84 bits per heavy atom. The lowest BCUT2D eigenvalue weighted by atomic mass is 9.88. The number of amides is 2. The Labute approximate surface area is 119 Å². The predicted molar refractivity (Wildman–Crippen MR) is 78.4 cm³/mol. The molecule has 4 nitrogen and oxygen atoms in total. The van der Waals surface area contributed by atoms with Crippen molar-refractivity contribution in [3.63, 3.8) is 0 Å². The molecule has 0 bridgehead atoms. The predicted octanol–water partition coefficient (Wildman–Crippen LogP) is 2.33. The second kappa shape index (κ2) is 6.16. The van der Waals surface area contributed by atoms with Crippen molar-refractivity contribution in [1.82, 2.24) is 10.6 Å². The van der Waals surface area contributed by atoms with Crippen LogP contribution in [0.2, 0.25) is 0 Å². The monoisotopic (exact) mass is 284 g/mol. The first-order chi connectivity index (χ1) is 9.02. The van der Waals surface area contributed by atoms with E-state index in [0.717, 1.165) is 31.3 Å². The maximum Gasteiger partial charge on any atom is 0.315 e.